The highest BCUT2D eigenvalue weighted by molar-refractivity contribution is 8.22. The number of aromatic nitrogens is 1. The lowest BCUT2D eigenvalue weighted by Crippen LogP contribution is -2.37. The van der Waals surface area contributed by atoms with Crippen molar-refractivity contribution in [2.75, 3.05) is 13.1 Å². The van der Waals surface area contributed by atoms with Gasteiger partial charge in [-0.1, -0.05) is 13.8 Å². The zero-order valence-corrected chi connectivity index (χ0v) is 14.4. The maximum atomic E-state index is 10.7. The Morgan fingerprint density at radius 2 is 1.83 bits per heavy atom. The lowest BCUT2D eigenvalue weighted by molar-refractivity contribution is 0.212. The van der Waals surface area contributed by atoms with Crippen molar-refractivity contribution in [1.29, 1.82) is 0 Å². The highest BCUT2D eigenvalue weighted by Crippen LogP contribution is 2.53. The van der Waals surface area contributed by atoms with E-state index >= 15 is 0 Å². The van der Waals surface area contributed by atoms with E-state index in [1.807, 2.05) is 16.4 Å². The lowest BCUT2D eigenvalue weighted by atomic mass is 9.87. The molecule has 1 fully saturated rings. The van der Waals surface area contributed by atoms with Crippen LogP contribution in [0.3, 0.4) is 0 Å². The Labute approximate surface area is 138 Å². The Balaban J connectivity index is 1.72. The fraction of sp³-hybridized carbons (Fsp3) is 0.471. The van der Waals surface area contributed by atoms with Crippen LogP contribution in [0.1, 0.15) is 26.7 Å². The van der Waals surface area contributed by atoms with Crippen molar-refractivity contribution in [3.63, 3.8) is 0 Å². The van der Waals surface area contributed by atoms with E-state index in [4.69, 9.17) is 4.42 Å². The number of hydrogen-bond donors (Lipinski definition) is 2. The molecule has 23 heavy (non-hydrogen) atoms. The van der Waals surface area contributed by atoms with Crippen molar-refractivity contribution in [3.05, 3.63) is 36.9 Å². The summed E-state index contributed by atoms with van der Waals surface area (Å²) in [7, 11) is -2.91. The molecule has 1 aromatic carbocycles. The molecule has 126 valence electrons. The third-order valence-corrected chi connectivity index (χ3v) is 6.68. The van der Waals surface area contributed by atoms with Crippen LogP contribution in [0.4, 0.5) is 0 Å². The molecule has 0 atom stereocenters. The summed E-state index contributed by atoms with van der Waals surface area (Å²) >= 11 is 0. The predicted molar refractivity (Wildman–Crippen MR) is 92.2 cm³/mol. The molecular weight excluding hydrogens is 312 g/mol. The van der Waals surface area contributed by atoms with Gasteiger partial charge >= 0.3 is 0 Å². The van der Waals surface area contributed by atoms with E-state index in [0.717, 1.165) is 31.5 Å². The molecule has 1 aliphatic rings. The van der Waals surface area contributed by atoms with E-state index in [9.17, 15) is 9.11 Å². The van der Waals surface area contributed by atoms with Gasteiger partial charge in [0.15, 0.2) is 12.2 Å². The molecule has 1 saturated heterocycles. The monoisotopic (exact) mass is 336 g/mol. The van der Waals surface area contributed by atoms with Gasteiger partial charge in [-0.25, -0.2) is 9.29 Å². The SMILES string of the molecule is CC(C)C1CCN(S(O)(O)c2ccc(-c3cnco3)cc2)CC1. The zero-order valence-electron chi connectivity index (χ0n) is 13.6. The van der Waals surface area contributed by atoms with Crippen molar-refractivity contribution in [1.82, 2.24) is 9.29 Å². The average Bonchev–Trinajstić information content (AvgIpc) is 3.09. The number of piperidine rings is 1. The summed E-state index contributed by atoms with van der Waals surface area (Å²) < 4.78 is 28.5. The first-order valence-electron chi connectivity index (χ1n) is 8.01. The van der Waals surface area contributed by atoms with Gasteiger partial charge in [-0.2, -0.15) is 0 Å². The highest BCUT2D eigenvalue weighted by Gasteiger charge is 2.30. The summed E-state index contributed by atoms with van der Waals surface area (Å²) in [6.45, 7) is 5.94. The smallest absolute Gasteiger partial charge is 0.181 e. The Hall–Kier alpha value is -1.34. The van der Waals surface area contributed by atoms with E-state index < -0.39 is 10.8 Å². The molecule has 0 amide bonds. The molecule has 2 aromatic rings. The molecule has 0 radical (unpaired) electrons. The summed E-state index contributed by atoms with van der Waals surface area (Å²) in [5.41, 5.74) is 0.875. The fourth-order valence-electron chi connectivity index (χ4n) is 3.11. The molecule has 0 unspecified atom stereocenters. The van der Waals surface area contributed by atoms with Gasteiger partial charge in [-0.05, 0) is 48.9 Å². The molecule has 6 heteroatoms. The predicted octanol–water partition coefficient (Wildman–Crippen LogP) is 4.73. The van der Waals surface area contributed by atoms with Crippen molar-refractivity contribution >= 4 is 10.8 Å². The molecule has 2 heterocycles. The largest absolute Gasteiger partial charge is 0.444 e. The first kappa shape index (κ1) is 16.5. The number of rotatable bonds is 4. The molecule has 0 saturated carbocycles. The molecule has 1 aliphatic heterocycles. The standard InChI is InChI=1S/C17H24N2O3S/c1-13(2)14-7-9-19(10-8-14)23(20,21)16-5-3-15(4-6-16)17-11-18-12-22-17/h3-6,11-14,20-21H,7-10H2,1-2H3. The molecule has 0 aliphatic carbocycles. The second kappa shape index (κ2) is 6.65. The molecule has 0 spiro atoms. The zero-order chi connectivity index (χ0) is 16.4. The van der Waals surface area contributed by atoms with Crippen molar-refractivity contribution in [2.45, 2.75) is 31.6 Å². The van der Waals surface area contributed by atoms with Crippen LogP contribution in [0.2, 0.25) is 0 Å². The number of hydrogen-bond acceptors (Lipinski definition) is 5. The third-order valence-electron chi connectivity index (χ3n) is 4.69. The quantitative estimate of drug-likeness (QED) is 0.844. The maximum Gasteiger partial charge on any atom is 0.181 e. The summed E-state index contributed by atoms with van der Waals surface area (Å²) in [6, 6.07) is 7.21. The molecule has 5 nitrogen and oxygen atoms in total. The van der Waals surface area contributed by atoms with Gasteiger partial charge in [0.1, 0.15) is 0 Å². The van der Waals surface area contributed by atoms with Gasteiger partial charge in [0.25, 0.3) is 0 Å². The van der Waals surface area contributed by atoms with Crippen LogP contribution < -0.4 is 0 Å². The van der Waals surface area contributed by atoms with Gasteiger partial charge in [-0.15, -0.1) is 10.8 Å². The van der Waals surface area contributed by atoms with E-state index in [1.54, 1.807) is 18.3 Å². The second-order valence-corrected chi connectivity index (χ2v) is 8.44. The molecular formula is C17H24N2O3S. The highest BCUT2D eigenvalue weighted by atomic mass is 32.3. The minimum absolute atomic E-state index is 0.559. The van der Waals surface area contributed by atoms with Gasteiger partial charge in [0.05, 0.1) is 11.1 Å². The number of oxazole rings is 1. The van der Waals surface area contributed by atoms with Gasteiger partial charge in [0, 0.05) is 18.7 Å². The number of nitrogens with zero attached hydrogens (tertiary/aromatic N) is 2. The molecule has 3 rings (SSSR count). The summed E-state index contributed by atoms with van der Waals surface area (Å²) in [5.74, 6) is 2.00. The fourth-order valence-corrected chi connectivity index (χ4v) is 4.63. The normalized spacial score (nSPS) is 18.5. The summed E-state index contributed by atoms with van der Waals surface area (Å²) in [4.78, 5) is 4.45. The molecule has 1 aromatic heterocycles. The van der Waals surface area contributed by atoms with Crippen molar-refractivity contribution < 1.29 is 13.5 Å². The topological polar surface area (TPSA) is 69.7 Å². The average molecular weight is 336 g/mol. The summed E-state index contributed by atoms with van der Waals surface area (Å²) in [6.07, 6.45) is 5.06. The van der Waals surface area contributed by atoms with Crippen LogP contribution in [0.25, 0.3) is 11.3 Å². The van der Waals surface area contributed by atoms with Gasteiger partial charge in [0.2, 0.25) is 0 Å². The second-order valence-electron chi connectivity index (χ2n) is 6.42. The van der Waals surface area contributed by atoms with E-state index in [1.165, 1.54) is 6.39 Å². The summed E-state index contributed by atoms with van der Waals surface area (Å²) in [5, 5.41) is 0. The first-order valence-corrected chi connectivity index (χ1v) is 9.51. The van der Waals surface area contributed by atoms with Gasteiger partial charge < -0.3 is 4.42 Å². The van der Waals surface area contributed by atoms with Crippen LogP contribution in [-0.2, 0) is 0 Å². The Bertz CT molecular complexity index is 618. The minimum Gasteiger partial charge on any atom is -0.444 e. The van der Waals surface area contributed by atoms with E-state index in [-0.39, 0.29) is 0 Å². The lowest BCUT2D eigenvalue weighted by Gasteiger charge is -2.46. The van der Waals surface area contributed by atoms with Gasteiger partial charge in [-0.3, -0.25) is 9.11 Å². The van der Waals surface area contributed by atoms with Crippen LogP contribution in [0.5, 0.6) is 0 Å². The Morgan fingerprint density at radius 3 is 2.35 bits per heavy atom. The van der Waals surface area contributed by atoms with Crippen molar-refractivity contribution in [3.8, 4) is 11.3 Å². The van der Waals surface area contributed by atoms with Crippen LogP contribution in [-0.4, -0.2) is 31.5 Å². The van der Waals surface area contributed by atoms with E-state index in [0.29, 0.717) is 22.5 Å². The number of benzene rings is 1. The maximum absolute atomic E-state index is 10.7. The Morgan fingerprint density at radius 1 is 1.17 bits per heavy atom. The third kappa shape index (κ3) is 3.45. The molecule has 2 N–H and O–H groups in total. The van der Waals surface area contributed by atoms with Crippen molar-refractivity contribution in [2.24, 2.45) is 11.8 Å². The Kier molecular flexibility index (Phi) is 4.77. The van der Waals surface area contributed by atoms with E-state index in [2.05, 4.69) is 18.8 Å². The van der Waals surface area contributed by atoms with Crippen LogP contribution >= 0.6 is 10.8 Å². The van der Waals surface area contributed by atoms with Crippen LogP contribution in [0, 0.1) is 11.8 Å². The van der Waals surface area contributed by atoms with Crippen LogP contribution in [0.15, 0.2) is 46.2 Å². The minimum atomic E-state index is -2.91. The first-order chi connectivity index (χ1) is 11.0. The molecule has 0 bridgehead atoms.